The van der Waals surface area contributed by atoms with Gasteiger partial charge in [-0.25, -0.2) is 13.1 Å². The van der Waals surface area contributed by atoms with Gasteiger partial charge in [-0.3, -0.25) is 4.79 Å². The van der Waals surface area contributed by atoms with E-state index in [9.17, 15) is 13.2 Å². The molecule has 3 aromatic rings. The summed E-state index contributed by atoms with van der Waals surface area (Å²) in [5.41, 5.74) is 1.58. The number of nitriles is 1. The van der Waals surface area contributed by atoms with Crippen LogP contribution in [-0.2, 0) is 23.0 Å². The number of amides is 1. The molecule has 1 N–H and O–H groups in total. The highest BCUT2D eigenvalue weighted by Gasteiger charge is 2.19. The van der Waals surface area contributed by atoms with E-state index in [-0.39, 0.29) is 23.8 Å². The number of nitrogens with zero attached hydrogens (tertiary/aromatic N) is 2. The number of hydrogen-bond donors (Lipinski definition) is 1. The Hall–Kier alpha value is -2.99. The molecule has 0 bridgehead atoms. The molecule has 0 atom stereocenters. The average molecular weight is 468 g/mol. The van der Waals surface area contributed by atoms with Crippen molar-refractivity contribution in [1.82, 2.24) is 9.62 Å². The quantitative estimate of drug-likeness (QED) is 0.454. The standard InChI is InChI=1S/C24H25N3O3S2/c1-19-8-11-22(31-19)18-27(17-14-20-6-3-2-4-7-20)24(28)21-9-12-23(13-10-21)32(29,30)26-16-5-15-25/h2-4,6-13,26H,5,14,16-18H2,1H3. The normalized spacial score (nSPS) is 11.1. The molecule has 0 aliphatic carbocycles. The van der Waals surface area contributed by atoms with Gasteiger partial charge in [0.25, 0.3) is 5.91 Å². The van der Waals surface area contributed by atoms with Crippen LogP contribution in [0.25, 0.3) is 0 Å². The summed E-state index contributed by atoms with van der Waals surface area (Å²) in [6.07, 6.45) is 0.820. The van der Waals surface area contributed by atoms with Gasteiger partial charge < -0.3 is 4.90 Å². The van der Waals surface area contributed by atoms with Crippen molar-refractivity contribution in [2.45, 2.75) is 31.2 Å². The van der Waals surface area contributed by atoms with E-state index in [2.05, 4.69) is 4.72 Å². The summed E-state index contributed by atoms with van der Waals surface area (Å²) < 4.78 is 27.0. The number of carbonyl (C=O) groups excluding carboxylic acids is 1. The minimum absolute atomic E-state index is 0.0486. The Morgan fingerprint density at radius 1 is 1.06 bits per heavy atom. The molecule has 6 nitrogen and oxygen atoms in total. The Balaban J connectivity index is 1.76. The highest BCUT2D eigenvalue weighted by atomic mass is 32.2. The molecule has 0 aliphatic rings. The van der Waals surface area contributed by atoms with Crippen LogP contribution in [-0.4, -0.2) is 32.3 Å². The highest BCUT2D eigenvalue weighted by Crippen LogP contribution is 2.20. The van der Waals surface area contributed by atoms with E-state index in [1.807, 2.05) is 55.5 Å². The number of hydrogen-bond acceptors (Lipinski definition) is 5. The molecular formula is C24H25N3O3S2. The fraction of sp³-hybridized carbons (Fsp3) is 0.250. The van der Waals surface area contributed by atoms with E-state index in [0.717, 1.165) is 16.9 Å². The minimum Gasteiger partial charge on any atom is -0.333 e. The van der Waals surface area contributed by atoms with Crippen LogP contribution >= 0.6 is 11.3 Å². The smallest absolute Gasteiger partial charge is 0.254 e. The van der Waals surface area contributed by atoms with E-state index in [0.29, 0.717) is 18.7 Å². The van der Waals surface area contributed by atoms with Crippen LogP contribution in [0.15, 0.2) is 71.6 Å². The lowest BCUT2D eigenvalue weighted by atomic mass is 10.1. The number of nitrogens with one attached hydrogen (secondary N) is 1. The second-order valence-electron chi connectivity index (χ2n) is 7.30. The van der Waals surface area contributed by atoms with Crippen molar-refractivity contribution in [2.24, 2.45) is 0 Å². The van der Waals surface area contributed by atoms with Crippen molar-refractivity contribution in [3.05, 3.63) is 87.6 Å². The van der Waals surface area contributed by atoms with E-state index in [4.69, 9.17) is 5.26 Å². The van der Waals surface area contributed by atoms with Crippen molar-refractivity contribution < 1.29 is 13.2 Å². The molecule has 3 rings (SSSR count). The van der Waals surface area contributed by atoms with Gasteiger partial charge in [0.15, 0.2) is 0 Å². The SMILES string of the molecule is Cc1ccc(CN(CCc2ccccc2)C(=O)c2ccc(S(=O)(=O)NCCC#N)cc2)s1. The zero-order valence-corrected chi connectivity index (χ0v) is 19.5. The first kappa shape index (κ1) is 23.7. The van der Waals surface area contributed by atoms with E-state index >= 15 is 0 Å². The largest absolute Gasteiger partial charge is 0.333 e. The maximum atomic E-state index is 13.3. The number of sulfonamides is 1. The molecule has 0 radical (unpaired) electrons. The predicted molar refractivity (Wildman–Crippen MR) is 126 cm³/mol. The Kier molecular flexibility index (Phi) is 8.17. The summed E-state index contributed by atoms with van der Waals surface area (Å²) in [7, 11) is -3.71. The van der Waals surface area contributed by atoms with Gasteiger partial charge in [0, 0.05) is 34.8 Å². The van der Waals surface area contributed by atoms with Crippen molar-refractivity contribution in [1.29, 1.82) is 5.26 Å². The molecular weight excluding hydrogens is 442 g/mol. The summed E-state index contributed by atoms with van der Waals surface area (Å²) in [4.78, 5) is 17.4. The number of carbonyl (C=O) groups is 1. The van der Waals surface area contributed by atoms with Gasteiger partial charge in [0.05, 0.1) is 17.5 Å². The fourth-order valence-corrected chi connectivity index (χ4v) is 5.14. The first-order valence-corrected chi connectivity index (χ1v) is 12.5. The second kappa shape index (κ2) is 11.0. The monoisotopic (exact) mass is 467 g/mol. The first-order valence-electron chi connectivity index (χ1n) is 10.2. The lowest BCUT2D eigenvalue weighted by molar-refractivity contribution is 0.0746. The zero-order chi connectivity index (χ0) is 23.0. The lowest BCUT2D eigenvalue weighted by Gasteiger charge is -2.22. The van der Waals surface area contributed by atoms with Gasteiger partial charge in [-0.1, -0.05) is 30.3 Å². The van der Waals surface area contributed by atoms with Crippen molar-refractivity contribution >= 4 is 27.3 Å². The van der Waals surface area contributed by atoms with Gasteiger partial charge in [-0.15, -0.1) is 11.3 Å². The summed E-state index contributed by atoms with van der Waals surface area (Å²) >= 11 is 1.66. The first-order chi connectivity index (χ1) is 15.4. The summed E-state index contributed by atoms with van der Waals surface area (Å²) in [5, 5.41) is 8.58. The van der Waals surface area contributed by atoms with Crippen LogP contribution in [0, 0.1) is 18.3 Å². The Morgan fingerprint density at radius 3 is 2.41 bits per heavy atom. The molecule has 1 aromatic heterocycles. The topological polar surface area (TPSA) is 90.3 Å². The Bertz CT molecular complexity index is 1180. The van der Waals surface area contributed by atoms with Gasteiger partial charge >= 0.3 is 0 Å². The summed E-state index contributed by atoms with van der Waals surface area (Å²) in [6.45, 7) is 3.14. The molecule has 1 heterocycles. The second-order valence-corrected chi connectivity index (χ2v) is 10.4. The van der Waals surface area contributed by atoms with Crippen molar-refractivity contribution in [3.63, 3.8) is 0 Å². The Labute approximate surface area is 193 Å². The number of benzene rings is 2. The zero-order valence-electron chi connectivity index (χ0n) is 17.8. The van der Waals surface area contributed by atoms with Gasteiger partial charge in [-0.2, -0.15) is 5.26 Å². The van der Waals surface area contributed by atoms with Crippen molar-refractivity contribution in [3.8, 4) is 6.07 Å². The van der Waals surface area contributed by atoms with Crippen LogP contribution in [0.4, 0.5) is 0 Å². The predicted octanol–water partition coefficient (Wildman–Crippen LogP) is 4.13. The third-order valence-electron chi connectivity index (χ3n) is 4.88. The number of rotatable bonds is 10. The number of aryl methyl sites for hydroxylation is 1. The molecule has 8 heteroatoms. The molecule has 0 spiro atoms. The lowest BCUT2D eigenvalue weighted by Crippen LogP contribution is -2.32. The van der Waals surface area contributed by atoms with Crippen molar-refractivity contribution in [2.75, 3.05) is 13.1 Å². The van der Waals surface area contributed by atoms with Crippen LogP contribution < -0.4 is 4.72 Å². The molecule has 0 fully saturated rings. The minimum atomic E-state index is -3.71. The number of thiophene rings is 1. The average Bonchev–Trinajstić information content (AvgIpc) is 3.21. The molecule has 1 amide bonds. The summed E-state index contributed by atoms with van der Waals surface area (Å²) in [5.74, 6) is -0.145. The van der Waals surface area contributed by atoms with E-state index < -0.39 is 10.0 Å². The molecule has 0 saturated carbocycles. The van der Waals surface area contributed by atoms with Gasteiger partial charge in [-0.05, 0) is 55.3 Å². The van der Waals surface area contributed by atoms with Gasteiger partial charge in [0.1, 0.15) is 0 Å². The maximum Gasteiger partial charge on any atom is 0.254 e. The molecule has 2 aromatic carbocycles. The Morgan fingerprint density at radius 2 is 1.78 bits per heavy atom. The van der Waals surface area contributed by atoms with E-state index in [1.165, 1.54) is 29.1 Å². The maximum absolute atomic E-state index is 13.3. The molecule has 166 valence electrons. The molecule has 0 aliphatic heterocycles. The van der Waals surface area contributed by atoms with E-state index in [1.54, 1.807) is 16.2 Å². The van der Waals surface area contributed by atoms with Crippen LogP contribution in [0.5, 0.6) is 0 Å². The van der Waals surface area contributed by atoms with Gasteiger partial charge in [0.2, 0.25) is 10.0 Å². The van der Waals surface area contributed by atoms with Crippen LogP contribution in [0.2, 0.25) is 0 Å². The third kappa shape index (κ3) is 6.50. The summed E-state index contributed by atoms with van der Waals surface area (Å²) in [6, 6.07) is 21.9. The molecule has 0 unspecified atom stereocenters. The molecule has 32 heavy (non-hydrogen) atoms. The highest BCUT2D eigenvalue weighted by molar-refractivity contribution is 7.89. The fourth-order valence-electron chi connectivity index (χ4n) is 3.20. The molecule has 0 saturated heterocycles. The van der Waals surface area contributed by atoms with Crippen LogP contribution in [0.1, 0.15) is 32.1 Å². The third-order valence-corrected chi connectivity index (χ3v) is 7.35. The van der Waals surface area contributed by atoms with Crippen LogP contribution in [0.3, 0.4) is 0 Å².